The van der Waals surface area contributed by atoms with Gasteiger partial charge in [-0.25, -0.2) is 22.4 Å². The zero-order valence-electron chi connectivity index (χ0n) is 26.3. The molecular weight excluding hydrogens is 632 g/mol. The summed E-state index contributed by atoms with van der Waals surface area (Å²) in [6.07, 6.45) is 2.77. The van der Waals surface area contributed by atoms with Crippen LogP contribution in [0.5, 0.6) is 11.8 Å². The normalized spacial score (nSPS) is 25.4. The van der Waals surface area contributed by atoms with Gasteiger partial charge in [-0.2, -0.15) is 9.97 Å². The molecule has 14 heteroatoms. The van der Waals surface area contributed by atoms with Gasteiger partial charge in [0.2, 0.25) is 0 Å². The van der Waals surface area contributed by atoms with Crippen molar-refractivity contribution in [3.05, 3.63) is 47.7 Å². The van der Waals surface area contributed by atoms with Crippen molar-refractivity contribution in [2.75, 3.05) is 44.3 Å². The second-order valence-corrected chi connectivity index (χ2v) is 13.8. The van der Waals surface area contributed by atoms with E-state index in [-0.39, 0.29) is 72.1 Å². The predicted octanol–water partition coefficient (Wildman–Crippen LogP) is 5.72. The second-order valence-electron chi connectivity index (χ2n) is 13.8. The molecular formula is C34H34F4N6O4. The number of anilines is 1. The summed E-state index contributed by atoms with van der Waals surface area (Å²) in [6, 6.07) is 5.39. The molecule has 1 amide bonds. The Labute approximate surface area is 273 Å². The van der Waals surface area contributed by atoms with Crippen LogP contribution in [-0.2, 0) is 11.2 Å². The third-order valence-electron chi connectivity index (χ3n) is 10.3. The number of amides is 1. The van der Waals surface area contributed by atoms with Crippen molar-refractivity contribution in [2.45, 2.75) is 62.4 Å². The standard InChI is InChI=1S/C34H34F4N6O4/c1-32-7-3-9-43(16-32)29-23-14-39-27(26(36)28(23)40-30(41-29)48-18-33-8-10-44(33)17-34(37,38)15-33)22-13-20(45)12-19-5-6-24(35)21(25(19)22)4-2-11-47-31(46)42-32/h5-6,12-14,45H,2-4,7-11,15-18H2,1H3,(H,42,46)/t32-,33?/m1/s1. The molecule has 7 heterocycles. The Kier molecular flexibility index (Phi) is 7.10. The molecule has 2 atom stereocenters. The van der Waals surface area contributed by atoms with Crippen molar-refractivity contribution in [1.82, 2.24) is 25.2 Å². The summed E-state index contributed by atoms with van der Waals surface area (Å²) in [5.74, 6) is -4.06. The number of benzene rings is 2. The zero-order valence-corrected chi connectivity index (χ0v) is 26.3. The number of nitrogens with zero attached hydrogens (tertiary/aromatic N) is 5. The average molecular weight is 667 g/mol. The van der Waals surface area contributed by atoms with Gasteiger partial charge in [-0.05, 0) is 73.6 Å². The average Bonchev–Trinajstić information content (AvgIpc) is 3.21. The maximum atomic E-state index is 16.9. The third kappa shape index (κ3) is 5.20. The largest absolute Gasteiger partial charge is 0.508 e. The smallest absolute Gasteiger partial charge is 0.407 e. The number of nitrogens with one attached hydrogen (secondary N) is 1. The van der Waals surface area contributed by atoms with E-state index in [0.29, 0.717) is 61.9 Å². The summed E-state index contributed by atoms with van der Waals surface area (Å²) in [7, 11) is 0. The lowest BCUT2D eigenvalue weighted by Gasteiger charge is -2.46. The first kappa shape index (κ1) is 30.8. The number of aryl methyl sites for hydroxylation is 1. The van der Waals surface area contributed by atoms with Crippen LogP contribution in [0.25, 0.3) is 32.9 Å². The summed E-state index contributed by atoms with van der Waals surface area (Å²) >= 11 is 0. The lowest BCUT2D eigenvalue weighted by Crippen LogP contribution is -2.59. The molecule has 2 N–H and O–H groups in total. The van der Waals surface area contributed by atoms with E-state index in [1.807, 2.05) is 11.8 Å². The van der Waals surface area contributed by atoms with Crippen molar-refractivity contribution >= 4 is 33.6 Å². The minimum atomic E-state index is -2.84. The zero-order chi connectivity index (χ0) is 33.4. The van der Waals surface area contributed by atoms with Crippen LogP contribution >= 0.6 is 0 Å². The van der Waals surface area contributed by atoms with Crippen molar-refractivity contribution in [1.29, 1.82) is 0 Å². The Morgan fingerprint density at radius 2 is 1.96 bits per heavy atom. The topological polar surface area (TPSA) is 113 Å². The monoisotopic (exact) mass is 666 g/mol. The predicted molar refractivity (Wildman–Crippen MR) is 168 cm³/mol. The van der Waals surface area contributed by atoms with Crippen molar-refractivity contribution in [2.24, 2.45) is 0 Å². The molecule has 6 bridgehead atoms. The van der Waals surface area contributed by atoms with Crippen molar-refractivity contribution in [3.63, 3.8) is 0 Å². The number of fused-ring (bicyclic) bond motifs is 7. The number of pyridine rings is 1. The molecule has 4 aromatic rings. The van der Waals surface area contributed by atoms with Gasteiger partial charge in [-0.3, -0.25) is 9.88 Å². The van der Waals surface area contributed by atoms with Gasteiger partial charge in [-0.15, -0.1) is 0 Å². The van der Waals surface area contributed by atoms with Crippen LogP contribution in [0.3, 0.4) is 0 Å². The number of halogens is 4. The minimum Gasteiger partial charge on any atom is -0.508 e. The first-order valence-corrected chi connectivity index (χ1v) is 16.2. The fourth-order valence-corrected chi connectivity index (χ4v) is 7.93. The van der Waals surface area contributed by atoms with Crippen LogP contribution in [0.4, 0.5) is 28.2 Å². The highest BCUT2D eigenvalue weighted by Crippen LogP contribution is 2.48. The molecule has 1 unspecified atom stereocenters. The second kappa shape index (κ2) is 11.0. The molecule has 2 aromatic heterocycles. The van der Waals surface area contributed by atoms with Crippen molar-refractivity contribution < 1.29 is 36.9 Å². The molecule has 10 nitrogen and oxygen atoms in total. The summed E-state index contributed by atoms with van der Waals surface area (Å²) in [5, 5.41) is 14.7. The number of alkyl halides is 2. The van der Waals surface area contributed by atoms with E-state index >= 15 is 8.78 Å². The molecule has 0 saturated carbocycles. The van der Waals surface area contributed by atoms with Gasteiger partial charge in [0.1, 0.15) is 35.2 Å². The Hall–Kier alpha value is -4.46. The highest BCUT2D eigenvalue weighted by Gasteiger charge is 2.60. The highest BCUT2D eigenvalue weighted by atomic mass is 19.3. The van der Waals surface area contributed by atoms with Crippen LogP contribution in [0.2, 0.25) is 0 Å². The van der Waals surface area contributed by atoms with Gasteiger partial charge in [0.25, 0.3) is 5.92 Å². The summed E-state index contributed by atoms with van der Waals surface area (Å²) in [5.41, 5.74) is -1.46. The first-order chi connectivity index (χ1) is 22.9. The van der Waals surface area contributed by atoms with E-state index < -0.39 is 34.7 Å². The van der Waals surface area contributed by atoms with Gasteiger partial charge >= 0.3 is 12.1 Å². The van der Waals surface area contributed by atoms with Crippen LogP contribution in [0.15, 0.2) is 30.5 Å². The number of carbonyl (C=O) groups excluding carboxylic acids is 1. The molecule has 3 saturated heterocycles. The van der Waals surface area contributed by atoms with Gasteiger partial charge in [0.15, 0.2) is 5.82 Å². The number of aromatic hydroxyl groups is 1. The molecule has 5 aliphatic heterocycles. The number of ether oxygens (including phenoxy) is 2. The van der Waals surface area contributed by atoms with Gasteiger partial charge in [0.05, 0.1) is 29.6 Å². The van der Waals surface area contributed by atoms with Crippen LogP contribution in [0, 0.1) is 11.6 Å². The van der Waals surface area contributed by atoms with Gasteiger partial charge in [-0.1, -0.05) is 6.07 Å². The maximum Gasteiger partial charge on any atom is 0.407 e. The minimum absolute atomic E-state index is 0.0199. The summed E-state index contributed by atoms with van der Waals surface area (Å²) < 4.78 is 72.6. The lowest BCUT2D eigenvalue weighted by atomic mass is 9.85. The van der Waals surface area contributed by atoms with E-state index in [9.17, 15) is 18.7 Å². The molecule has 9 rings (SSSR count). The molecule has 0 spiro atoms. The number of phenols is 1. The number of hydrogen-bond donors (Lipinski definition) is 2. The van der Waals surface area contributed by atoms with Crippen molar-refractivity contribution in [3.8, 4) is 23.0 Å². The van der Waals surface area contributed by atoms with Crippen LogP contribution in [-0.4, -0.2) is 87.4 Å². The Morgan fingerprint density at radius 3 is 2.75 bits per heavy atom. The summed E-state index contributed by atoms with van der Waals surface area (Å²) in [6.45, 7) is 2.82. The molecule has 5 aliphatic rings. The van der Waals surface area contributed by atoms with Crippen LogP contribution in [0.1, 0.15) is 44.6 Å². The van der Waals surface area contributed by atoms with E-state index in [1.165, 1.54) is 30.5 Å². The van der Waals surface area contributed by atoms with E-state index in [2.05, 4.69) is 20.3 Å². The molecule has 0 radical (unpaired) electrons. The molecule has 3 fully saturated rings. The van der Waals surface area contributed by atoms with Gasteiger partial charge in [0, 0.05) is 37.8 Å². The maximum absolute atomic E-state index is 16.9. The van der Waals surface area contributed by atoms with Crippen LogP contribution < -0.4 is 15.0 Å². The number of hydrogen-bond acceptors (Lipinski definition) is 9. The molecule has 48 heavy (non-hydrogen) atoms. The van der Waals surface area contributed by atoms with E-state index in [4.69, 9.17) is 9.47 Å². The Bertz CT molecular complexity index is 1980. The Morgan fingerprint density at radius 1 is 1.10 bits per heavy atom. The number of rotatable bonds is 3. The molecule has 2 aromatic carbocycles. The lowest BCUT2D eigenvalue weighted by molar-refractivity contribution is -0.0132. The van der Waals surface area contributed by atoms with E-state index in [1.54, 1.807) is 4.90 Å². The van der Waals surface area contributed by atoms with E-state index in [0.717, 1.165) is 0 Å². The molecule has 252 valence electrons. The number of piperidine rings is 1. The Balaban J connectivity index is 1.31. The summed E-state index contributed by atoms with van der Waals surface area (Å²) in [4.78, 5) is 30.2. The molecule has 0 aliphatic carbocycles. The highest BCUT2D eigenvalue weighted by molar-refractivity contribution is 6.01. The quantitative estimate of drug-likeness (QED) is 0.265. The van der Waals surface area contributed by atoms with Gasteiger partial charge < -0.3 is 24.8 Å². The SMILES string of the molecule is C[C@@]12CCCN(C1)c1nc(OCC34CCN3CC(F)(F)C4)nc3c(F)c(ncc13)-c1cc(O)cc3ccc(F)c(c13)CCCOC(=O)N2. The number of carbonyl (C=O) groups is 1. The number of alkyl carbamates (subject to hydrolysis) is 1. The fraction of sp³-hybridized carbons (Fsp3) is 0.471. The third-order valence-corrected chi connectivity index (χ3v) is 10.3. The first-order valence-electron chi connectivity index (χ1n) is 16.2. The number of phenolic OH excluding ortho intramolecular Hbond substituents is 1. The number of aromatic nitrogens is 3. The fourth-order valence-electron chi connectivity index (χ4n) is 7.93.